The van der Waals surface area contributed by atoms with Crippen LogP contribution in [-0.4, -0.2) is 46.5 Å². The Hall–Kier alpha value is -1.95. The number of hydrogen-bond acceptors (Lipinski definition) is 4. The van der Waals surface area contributed by atoms with Crippen molar-refractivity contribution in [3.05, 3.63) is 29.6 Å². The molecule has 6 nitrogen and oxygen atoms in total. The predicted octanol–water partition coefficient (Wildman–Crippen LogP) is 0.490. The number of carbonyl (C=O) groups excluding carboxylic acids is 1. The van der Waals surface area contributed by atoms with Crippen molar-refractivity contribution in [2.24, 2.45) is 0 Å². The lowest BCUT2D eigenvalue weighted by molar-refractivity contribution is -0.132. The minimum atomic E-state index is -0.971. The molecule has 2 rings (SSSR count). The molecule has 0 saturated carbocycles. The van der Waals surface area contributed by atoms with Crippen molar-refractivity contribution in [2.75, 3.05) is 13.6 Å². The zero-order valence-electron chi connectivity index (χ0n) is 10.8. The van der Waals surface area contributed by atoms with Crippen molar-refractivity contribution < 1.29 is 14.7 Å². The maximum Gasteiger partial charge on any atom is 0.337 e. The van der Waals surface area contributed by atoms with Crippen LogP contribution in [0.3, 0.4) is 0 Å². The lowest BCUT2D eigenvalue weighted by Crippen LogP contribution is -2.46. The fraction of sp³-hybridized carbons (Fsp3) is 0.462. The zero-order chi connectivity index (χ0) is 13.8. The van der Waals surface area contributed by atoms with Gasteiger partial charge in [-0.25, -0.2) is 4.79 Å². The highest BCUT2D eigenvalue weighted by atomic mass is 16.4. The third-order valence-corrected chi connectivity index (χ3v) is 3.31. The molecule has 2 N–H and O–H groups in total. The molecule has 1 aliphatic heterocycles. The second-order valence-corrected chi connectivity index (χ2v) is 4.69. The number of carboxylic acid groups (broad SMARTS) is 1. The SMILES string of the molecule is CN1CC(NCc2ncccc2C(=O)O)CCC1=O. The quantitative estimate of drug-likeness (QED) is 0.826. The molecule has 1 aromatic heterocycles. The minimum absolute atomic E-state index is 0.155. The Kier molecular flexibility index (Phi) is 4.11. The monoisotopic (exact) mass is 263 g/mol. The smallest absolute Gasteiger partial charge is 0.337 e. The van der Waals surface area contributed by atoms with Gasteiger partial charge in [0.2, 0.25) is 5.91 Å². The van der Waals surface area contributed by atoms with Gasteiger partial charge in [0.15, 0.2) is 0 Å². The van der Waals surface area contributed by atoms with Crippen LogP contribution >= 0.6 is 0 Å². The molecule has 1 atom stereocenters. The number of likely N-dealkylation sites (N-methyl/N-ethyl adjacent to an activating group) is 1. The van der Waals surface area contributed by atoms with Crippen LogP contribution in [0.15, 0.2) is 18.3 Å². The first-order valence-electron chi connectivity index (χ1n) is 6.22. The van der Waals surface area contributed by atoms with Gasteiger partial charge in [0, 0.05) is 38.8 Å². The summed E-state index contributed by atoms with van der Waals surface area (Å²) in [4.78, 5) is 28.2. The van der Waals surface area contributed by atoms with Gasteiger partial charge < -0.3 is 15.3 Å². The number of aromatic nitrogens is 1. The molecule has 102 valence electrons. The number of amides is 1. The van der Waals surface area contributed by atoms with Crippen LogP contribution in [0.1, 0.15) is 28.9 Å². The Balaban J connectivity index is 1.96. The van der Waals surface area contributed by atoms with E-state index in [1.807, 2.05) is 0 Å². The van der Waals surface area contributed by atoms with E-state index in [0.29, 0.717) is 25.2 Å². The van der Waals surface area contributed by atoms with Crippen molar-refractivity contribution >= 4 is 11.9 Å². The molecule has 2 heterocycles. The van der Waals surface area contributed by atoms with Gasteiger partial charge in [-0.05, 0) is 18.6 Å². The molecule has 1 aromatic rings. The van der Waals surface area contributed by atoms with Gasteiger partial charge in [0.25, 0.3) is 0 Å². The normalized spacial score (nSPS) is 19.5. The largest absolute Gasteiger partial charge is 0.478 e. The number of aromatic carboxylic acids is 1. The van der Waals surface area contributed by atoms with Gasteiger partial charge in [-0.3, -0.25) is 9.78 Å². The van der Waals surface area contributed by atoms with Crippen molar-refractivity contribution in [3.8, 4) is 0 Å². The molecular formula is C13H17N3O3. The Labute approximate surface area is 111 Å². The fourth-order valence-electron chi connectivity index (χ4n) is 2.19. The Bertz CT molecular complexity index is 490. The molecule has 0 bridgehead atoms. The molecule has 6 heteroatoms. The van der Waals surface area contributed by atoms with E-state index in [-0.39, 0.29) is 17.5 Å². The van der Waals surface area contributed by atoms with E-state index in [0.717, 1.165) is 6.42 Å². The van der Waals surface area contributed by atoms with E-state index in [1.54, 1.807) is 30.3 Å². The highest BCUT2D eigenvalue weighted by Crippen LogP contribution is 2.11. The average molecular weight is 263 g/mol. The van der Waals surface area contributed by atoms with Crippen molar-refractivity contribution in [3.63, 3.8) is 0 Å². The van der Waals surface area contributed by atoms with E-state index in [9.17, 15) is 9.59 Å². The minimum Gasteiger partial charge on any atom is -0.478 e. The van der Waals surface area contributed by atoms with Gasteiger partial charge in [-0.15, -0.1) is 0 Å². The van der Waals surface area contributed by atoms with E-state index in [2.05, 4.69) is 10.3 Å². The zero-order valence-corrected chi connectivity index (χ0v) is 10.8. The summed E-state index contributed by atoms with van der Waals surface area (Å²) in [5, 5.41) is 12.3. The van der Waals surface area contributed by atoms with Crippen LogP contribution in [-0.2, 0) is 11.3 Å². The summed E-state index contributed by atoms with van der Waals surface area (Å²) in [6.07, 6.45) is 2.89. The number of likely N-dealkylation sites (tertiary alicyclic amines) is 1. The Morgan fingerprint density at radius 3 is 3.11 bits per heavy atom. The van der Waals surface area contributed by atoms with Crippen LogP contribution in [0, 0.1) is 0 Å². The number of nitrogens with one attached hydrogen (secondary N) is 1. The molecule has 0 aliphatic carbocycles. The van der Waals surface area contributed by atoms with Crippen LogP contribution in [0.4, 0.5) is 0 Å². The molecule has 1 unspecified atom stereocenters. The maximum absolute atomic E-state index is 11.4. The van der Waals surface area contributed by atoms with Gasteiger partial charge in [0.1, 0.15) is 0 Å². The molecule has 1 aliphatic rings. The Morgan fingerprint density at radius 1 is 1.63 bits per heavy atom. The molecule has 1 saturated heterocycles. The number of hydrogen-bond donors (Lipinski definition) is 2. The molecule has 1 fully saturated rings. The van der Waals surface area contributed by atoms with Gasteiger partial charge in [-0.1, -0.05) is 0 Å². The molecule has 1 amide bonds. The molecular weight excluding hydrogens is 246 g/mol. The fourth-order valence-corrected chi connectivity index (χ4v) is 2.19. The number of nitrogens with zero attached hydrogens (tertiary/aromatic N) is 2. The van der Waals surface area contributed by atoms with Gasteiger partial charge in [0.05, 0.1) is 11.3 Å². The van der Waals surface area contributed by atoms with E-state index in [1.165, 1.54) is 0 Å². The topological polar surface area (TPSA) is 82.5 Å². The van der Waals surface area contributed by atoms with E-state index < -0.39 is 5.97 Å². The predicted molar refractivity (Wildman–Crippen MR) is 68.7 cm³/mol. The number of pyridine rings is 1. The number of rotatable bonds is 4. The van der Waals surface area contributed by atoms with Gasteiger partial charge >= 0.3 is 5.97 Å². The number of carbonyl (C=O) groups is 2. The first-order valence-corrected chi connectivity index (χ1v) is 6.22. The summed E-state index contributed by atoms with van der Waals surface area (Å²) >= 11 is 0. The molecule has 0 spiro atoms. The highest BCUT2D eigenvalue weighted by Gasteiger charge is 2.22. The second kappa shape index (κ2) is 5.79. The first kappa shape index (κ1) is 13.5. The molecule has 0 aromatic carbocycles. The highest BCUT2D eigenvalue weighted by molar-refractivity contribution is 5.88. The van der Waals surface area contributed by atoms with Crippen LogP contribution in [0.25, 0.3) is 0 Å². The summed E-state index contributed by atoms with van der Waals surface area (Å²) in [5.41, 5.74) is 0.741. The summed E-state index contributed by atoms with van der Waals surface area (Å²) in [7, 11) is 1.78. The van der Waals surface area contributed by atoms with Crippen LogP contribution in [0.5, 0.6) is 0 Å². The molecule has 0 radical (unpaired) electrons. The molecule has 19 heavy (non-hydrogen) atoms. The first-order chi connectivity index (χ1) is 9.08. The summed E-state index contributed by atoms with van der Waals surface area (Å²) < 4.78 is 0. The van der Waals surface area contributed by atoms with Crippen molar-refractivity contribution in [2.45, 2.75) is 25.4 Å². The third kappa shape index (κ3) is 3.29. The third-order valence-electron chi connectivity index (χ3n) is 3.31. The standard InChI is InChI=1S/C13H17N3O3/c1-16-8-9(4-5-12(16)17)15-7-11-10(13(18)19)3-2-6-14-11/h2-3,6,9,15H,4-5,7-8H2,1H3,(H,18,19). The van der Waals surface area contributed by atoms with E-state index in [4.69, 9.17) is 5.11 Å². The van der Waals surface area contributed by atoms with Crippen molar-refractivity contribution in [1.29, 1.82) is 0 Å². The summed E-state index contributed by atoms with van der Waals surface area (Å²) in [6.45, 7) is 1.04. The summed E-state index contributed by atoms with van der Waals surface area (Å²) in [6, 6.07) is 3.34. The second-order valence-electron chi connectivity index (χ2n) is 4.69. The lowest BCUT2D eigenvalue weighted by atomic mass is 10.1. The number of piperidine rings is 1. The summed E-state index contributed by atoms with van der Waals surface area (Å²) in [5.74, 6) is -0.817. The average Bonchev–Trinajstić information content (AvgIpc) is 2.40. The number of carboxylic acids is 1. The van der Waals surface area contributed by atoms with Crippen LogP contribution in [0.2, 0.25) is 0 Å². The Morgan fingerprint density at radius 2 is 2.42 bits per heavy atom. The van der Waals surface area contributed by atoms with Gasteiger partial charge in [-0.2, -0.15) is 0 Å². The maximum atomic E-state index is 11.4. The van der Waals surface area contributed by atoms with Crippen LogP contribution < -0.4 is 5.32 Å². The van der Waals surface area contributed by atoms with Crippen molar-refractivity contribution in [1.82, 2.24) is 15.2 Å². The lowest BCUT2D eigenvalue weighted by Gasteiger charge is -2.30. The van der Waals surface area contributed by atoms with E-state index >= 15 is 0 Å².